The minimum atomic E-state index is -1.00. The van der Waals surface area contributed by atoms with Crippen LogP contribution in [-0.4, -0.2) is 40.5 Å². The number of piperidine rings is 1. The van der Waals surface area contributed by atoms with Gasteiger partial charge in [-0.2, -0.15) is 0 Å². The molecule has 1 aromatic rings. The second-order valence-corrected chi connectivity index (χ2v) is 7.66. The molecule has 1 heterocycles. The predicted octanol–water partition coefficient (Wildman–Crippen LogP) is 3.44. The largest absolute Gasteiger partial charge is 0.481 e. The molecule has 3 atom stereocenters. The first-order valence-corrected chi connectivity index (χ1v) is 9.76. The summed E-state index contributed by atoms with van der Waals surface area (Å²) in [5.74, 6) is -2.21. The number of carbonyl (C=O) groups excluding carboxylic acids is 2. The third kappa shape index (κ3) is 4.43. The van der Waals surface area contributed by atoms with E-state index in [0.29, 0.717) is 17.9 Å². The number of halogens is 1. The summed E-state index contributed by atoms with van der Waals surface area (Å²) in [7, 11) is 0. The van der Waals surface area contributed by atoms with Gasteiger partial charge in [0.05, 0.1) is 19.1 Å². The van der Waals surface area contributed by atoms with E-state index in [0.717, 1.165) is 18.4 Å². The molecule has 3 unspecified atom stereocenters. The molecule has 0 aromatic heterocycles. The van der Waals surface area contributed by atoms with Gasteiger partial charge in [0.25, 0.3) is 0 Å². The van der Waals surface area contributed by atoms with Crippen molar-refractivity contribution >= 4 is 29.4 Å². The number of carboxylic acids is 1. The van der Waals surface area contributed by atoms with E-state index in [1.807, 2.05) is 12.1 Å². The molecule has 0 spiro atoms. The molecule has 0 radical (unpaired) electrons. The number of amides is 1. The number of carbonyl (C=O) groups is 3. The van der Waals surface area contributed by atoms with Crippen LogP contribution in [0.2, 0.25) is 5.02 Å². The second kappa shape index (κ2) is 8.30. The maximum atomic E-state index is 13.2. The maximum Gasteiger partial charge on any atom is 0.329 e. The Balaban J connectivity index is 1.96. The minimum Gasteiger partial charge on any atom is -0.481 e. The molecule has 1 aliphatic heterocycles. The lowest BCUT2D eigenvalue weighted by Gasteiger charge is -2.43. The molecule has 1 N–H and O–H groups in total. The Kier molecular flexibility index (Phi) is 6.05. The van der Waals surface area contributed by atoms with Gasteiger partial charge < -0.3 is 14.7 Å². The molecule has 7 heteroatoms. The number of likely N-dealkylation sites (tertiary alicyclic amines) is 1. The van der Waals surface area contributed by atoms with Gasteiger partial charge in [-0.05, 0) is 56.2 Å². The number of ether oxygens (including phenoxy) is 1. The van der Waals surface area contributed by atoms with Gasteiger partial charge in [-0.15, -0.1) is 0 Å². The predicted molar refractivity (Wildman–Crippen MR) is 99.2 cm³/mol. The Labute approximate surface area is 163 Å². The van der Waals surface area contributed by atoms with E-state index in [9.17, 15) is 14.4 Å². The van der Waals surface area contributed by atoms with Crippen LogP contribution in [0, 0.1) is 11.8 Å². The van der Waals surface area contributed by atoms with Gasteiger partial charge in [-0.25, -0.2) is 4.79 Å². The number of esters is 1. The van der Waals surface area contributed by atoms with Gasteiger partial charge in [-0.3, -0.25) is 9.59 Å². The number of hydrogen-bond acceptors (Lipinski definition) is 4. The first-order valence-electron chi connectivity index (χ1n) is 9.38. The highest BCUT2D eigenvalue weighted by Crippen LogP contribution is 2.44. The molecule has 2 aliphatic rings. The third-order valence-corrected chi connectivity index (χ3v) is 5.55. The average molecular weight is 394 g/mol. The van der Waals surface area contributed by atoms with Crippen molar-refractivity contribution in [3.63, 3.8) is 0 Å². The molecule has 146 valence electrons. The molecular formula is C20H24ClNO5. The summed E-state index contributed by atoms with van der Waals surface area (Å²) in [5.41, 5.74) is 0.900. The fourth-order valence-electron chi connectivity index (χ4n) is 3.90. The van der Waals surface area contributed by atoms with Crippen molar-refractivity contribution in [2.75, 3.05) is 6.61 Å². The zero-order valence-corrected chi connectivity index (χ0v) is 16.0. The topological polar surface area (TPSA) is 83.9 Å². The van der Waals surface area contributed by atoms with Crippen molar-refractivity contribution in [1.29, 1.82) is 0 Å². The van der Waals surface area contributed by atoms with Crippen molar-refractivity contribution in [3.05, 3.63) is 34.9 Å². The fraction of sp³-hybridized carbons (Fsp3) is 0.550. The number of nitrogens with zero attached hydrogens (tertiary/aromatic N) is 1. The summed E-state index contributed by atoms with van der Waals surface area (Å²) in [6, 6.07) is 6.31. The minimum absolute atomic E-state index is 0.0754. The van der Waals surface area contributed by atoms with Gasteiger partial charge in [0, 0.05) is 10.9 Å². The Morgan fingerprint density at radius 3 is 2.44 bits per heavy atom. The zero-order chi connectivity index (χ0) is 19.6. The lowest BCUT2D eigenvalue weighted by molar-refractivity contribution is -0.163. The number of carboxylic acid groups (broad SMARTS) is 1. The highest BCUT2D eigenvalue weighted by molar-refractivity contribution is 6.30. The van der Waals surface area contributed by atoms with Crippen molar-refractivity contribution in [1.82, 2.24) is 4.90 Å². The van der Waals surface area contributed by atoms with E-state index in [1.165, 1.54) is 0 Å². The van der Waals surface area contributed by atoms with Gasteiger partial charge in [0.1, 0.15) is 6.04 Å². The molecule has 1 amide bonds. The average Bonchev–Trinajstić information content (AvgIpc) is 3.44. The normalized spacial score (nSPS) is 23.8. The molecule has 2 fully saturated rings. The van der Waals surface area contributed by atoms with Gasteiger partial charge in [0.2, 0.25) is 5.91 Å². The van der Waals surface area contributed by atoms with Crippen molar-refractivity contribution < 1.29 is 24.2 Å². The molecule has 1 aliphatic carbocycles. The number of aliphatic carboxylic acids is 1. The van der Waals surface area contributed by atoms with Crippen LogP contribution >= 0.6 is 11.6 Å². The number of benzene rings is 1. The van der Waals surface area contributed by atoms with Crippen molar-refractivity contribution in [2.24, 2.45) is 11.8 Å². The van der Waals surface area contributed by atoms with Crippen molar-refractivity contribution in [3.8, 4) is 0 Å². The van der Waals surface area contributed by atoms with E-state index in [2.05, 4.69) is 0 Å². The molecule has 3 rings (SSSR count). The van der Waals surface area contributed by atoms with E-state index in [1.54, 1.807) is 24.0 Å². The van der Waals surface area contributed by atoms with Crippen LogP contribution in [0.25, 0.3) is 0 Å². The Morgan fingerprint density at radius 1 is 1.22 bits per heavy atom. The van der Waals surface area contributed by atoms with Crippen LogP contribution in [-0.2, 0) is 19.1 Å². The SMILES string of the molecule is CCOC(=O)C(C1CC1)N1C(=O)C(CC(=O)O)CCC1c1ccc(Cl)cc1. The van der Waals surface area contributed by atoms with E-state index in [-0.39, 0.29) is 30.9 Å². The third-order valence-electron chi connectivity index (χ3n) is 5.30. The summed E-state index contributed by atoms with van der Waals surface area (Å²) in [5, 5.41) is 9.76. The highest BCUT2D eigenvalue weighted by Gasteiger charge is 2.49. The van der Waals surface area contributed by atoms with Crippen LogP contribution in [0.5, 0.6) is 0 Å². The lowest BCUT2D eigenvalue weighted by atomic mass is 9.84. The fourth-order valence-corrected chi connectivity index (χ4v) is 4.03. The standard InChI is InChI=1S/C20H24ClNO5/c1-2-27-20(26)18(13-3-4-13)22-16(12-5-8-15(21)9-6-12)10-7-14(19(22)25)11-17(23)24/h5-6,8-9,13-14,16,18H,2-4,7,10-11H2,1H3,(H,23,24). The molecular weight excluding hydrogens is 370 g/mol. The van der Waals surface area contributed by atoms with Crippen LogP contribution in [0.4, 0.5) is 0 Å². The maximum absolute atomic E-state index is 13.2. The molecule has 1 saturated carbocycles. The highest BCUT2D eigenvalue weighted by atomic mass is 35.5. The van der Waals surface area contributed by atoms with E-state index >= 15 is 0 Å². The van der Waals surface area contributed by atoms with Crippen LogP contribution in [0.15, 0.2) is 24.3 Å². The lowest BCUT2D eigenvalue weighted by Crippen LogP contribution is -2.53. The Hall–Kier alpha value is -2.08. The summed E-state index contributed by atoms with van der Waals surface area (Å²) in [6.07, 6.45) is 2.60. The van der Waals surface area contributed by atoms with Crippen LogP contribution in [0.1, 0.15) is 50.6 Å². The van der Waals surface area contributed by atoms with Crippen LogP contribution in [0.3, 0.4) is 0 Å². The zero-order valence-electron chi connectivity index (χ0n) is 15.3. The molecule has 1 saturated heterocycles. The molecule has 6 nitrogen and oxygen atoms in total. The second-order valence-electron chi connectivity index (χ2n) is 7.22. The van der Waals surface area contributed by atoms with E-state index in [4.69, 9.17) is 21.4 Å². The molecule has 0 bridgehead atoms. The smallest absolute Gasteiger partial charge is 0.329 e. The van der Waals surface area contributed by atoms with Crippen LogP contribution < -0.4 is 0 Å². The van der Waals surface area contributed by atoms with Gasteiger partial charge in [0.15, 0.2) is 0 Å². The van der Waals surface area contributed by atoms with Gasteiger partial charge in [-0.1, -0.05) is 23.7 Å². The summed E-state index contributed by atoms with van der Waals surface area (Å²) in [6.45, 7) is 1.98. The number of hydrogen-bond donors (Lipinski definition) is 1. The van der Waals surface area contributed by atoms with Crippen molar-refractivity contribution in [2.45, 2.75) is 51.1 Å². The Bertz CT molecular complexity index is 716. The quantitative estimate of drug-likeness (QED) is 0.717. The molecule has 27 heavy (non-hydrogen) atoms. The van der Waals surface area contributed by atoms with Gasteiger partial charge >= 0.3 is 11.9 Å². The Morgan fingerprint density at radius 2 is 1.89 bits per heavy atom. The summed E-state index contributed by atoms with van der Waals surface area (Å²) < 4.78 is 5.26. The van der Waals surface area contributed by atoms with E-state index < -0.39 is 23.9 Å². The summed E-state index contributed by atoms with van der Waals surface area (Å²) >= 11 is 5.99. The molecule has 1 aromatic carbocycles. The first-order chi connectivity index (χ1) is 12.9. The summed E-state index contributed by atoms with van der Waals surface area (Å²) in [4.78, 5) is 38.7. The number of rotatable bonds is 7. The first kappa shape index (κ1) is 19.7. The monoisotopic (exact) mass is 393 g/mol.